The molecule has 0 unspecified atom stereocenters. The molecule has 0 N–H and O–H groups in total. The summed E-state index contributed by atoms with van der Waals surface area (Å²) in [4.78, 5) is 9.84. The van der Waals surface area contributed by atoms with Gasteiger partial charge in [0.25, 0.3) is 0 Å². The van der Waals surface area contributed by atoms with Crippen LogP contribution < -0.4 is 12.4 Å². The van der Waals surface area contributed by atoms with Crippen LogP contribution in [0.3, 0.4) is 0 Å². The van der Waals surface area contributed by atoms with E-state index in [0.717, 1.165) is 0 Å². The van der Waals surface area contributed by atoms with Crippen LogP contribution in [0.2, 0.25) is 5.79 Å². The Morgan fingerprint density at radius 1 is 1.71 bits per heavy atom. The second-order valence-corrected chi connectivity index (χ2v) is 1.55. The first-order chi connectivity index (χ1) is 2.77. The van der Waals surface area contributed by atoms with Gasteiger partial charge in [0.2, 0.25) is 0 Å². The minimum Gasteiger partial charge on any atom is -1.00 e. The van der Waals surface area contributed by atoms with Crippen LogP contribution in [0, 0.1) is 0 Å². The Morgan fingerprint density at radius 3 is 2.14 bits per heavy atom. The van der Waals surface area contributed by atoms with Crippen LogP contribution in [0.25, 0.3) is 0 Å². The Balaban J connectivity index is 0. The average Bonchev–Trinajstić information content (AvgIpc) is 1.35. The van der Waals surface area contributed by atoms with E-state index in [2.05, 4.69) is 3.79 Å². The summed E-state index contributed by atoms with van der Waals surface area (Å²) in [5, 5.41) is 0. The fraction of sp³-hybridized carbons (Fsp3) is 0.667. The smallest absolute Gasteiger partial charge is 1.00 e. The molecule has 0 aliphatic heterocycles. The van der Waals surface area contributed by atoms with Crippen molar-refractivity contribution in [2.24, 2.45) is 0 Å². The molecule has 0 aliphatic carbocycles. The van der Waals surface area contributed by atoms with E-state index in [0.29, 0.717) is 0 Å². The van der Waals surface area contributed by atoms with Crippen LogP contribution in [0.1, 0.15) is 6.92 Å². The number of carbonyl (C=O) groups is 1. The Kier molecular flexibility index (Phi) is 9.27. The second-order valence-electron chi connectivity index (χ2n) is 0.845. The molecule has 0 fully saturated rings. The van der Waals surface area contributed by atoms with Gasteiger partial charge in [0, 0.05) is 0 Å². The topological polar surface area (TPSA) is 26.3 Å². The van der Waals surface area contributed by atoms with Gasteiger partial charge in [0.05, 0.1) is 0 Å². The number of hydrogen-bond acceptors (Lipinski definition) is 2. The van der Waals surface area contributed by atoms with Gasteiger partial charge in [-0.05, 0) is 0 Å². The van der Waals surface area contributed by atoms with E-state index in [-0.39, 0.29) is 33.9 Å². The molecule has 0 radical (unpaired) electrons. The molecule has 0 heterocycles. The van der Waals surface area contributed by atoms with Crippen LogP contribution in [0.4, 0.5) is 0 Å². The first-order valence-electron chi connectivity index (χ1n) is 1.72. The van der Waals surface area contributed by atoms with E-state index < -0.39 is 0 Å². The Bertz CT molecular complexity index is 56.9. The number of carbonyl (C=O) groups excluding carboxylic acids is 1. The third-order valence-electron chi connectivity index (χ3n) is 0.284. The monoisotopic (exact) mass is 136 g/mol. The first-order valence-corrected chi connectivity index (χ1v) is 3.35. The van der Waals surface area contributed by atoms with E-state index >= 15 is 0 Å². The number of hydrogen-bond donors (Lipinski definition) is 0. The van der Waals surface area contributed by atoms with Gasteiger partial charge >= 0.3 is 42.8 Å². The zero-order chi connectivity index (χ0) is 4.99. The molecule has 0 atom stereocenters. The molecule has 0 aromatic heterocycles. The van der Waals surface area contributed by atoms with Gasteiger partial charge in [-0.2, -0.15) is 0 Å². The van der Waals surface area contributed by atoms with Gasteiger partial charge < -0.3 is 12.4 Å². The minimum atomic E-state index is -0.174. The van der Waals surface area contributed by atoms with E-state index in [1.54, 1.807) is 0 Å². The normalized spacial score (nSPS) is 5.43. The maximum atomic E-state index is 9.84. The van der Waals surface area contributed by atoms with Crippen LogP contribution >= 0.6 is 0 Å². The van der Waals surface area contributed by atoms with Gasteiger partial charge in [-0.15, -0.1) is 0 Å². The quantitative estimate of drug-likeness (QED) is 0.365. The fourth-order valence-electron chi connectivity index (χ4n) is 0.166. The molecular formula is C3H6AlClO2. The van der Waals surface area contributed by atoms with Crippen LogP contribution in [0.5, 0.6) is 0 Å². The average molecular weight is 137 g/mol. The number of halogens is 1. The predicted octanol–water partition coefficient (Wildman–Crippen LogP) is -2.78. The largest absolute Gasteiger partial charge is 1.00 e. The molecule has 0 rings (SSSR count). The zero-order valence-corrected chi connectivity index (χ0v) is 6.18. The molecule has 0 saturated carbocycles. The van der Waals surface area contributed by atoms with Gasteiger partial charge in [-0.3, -0.25) is 0 Å². The minimum absolute atomic E-state index is 0. The van der Waals surface area contributed by atoms with Crippen molar-refractivity contribution in [3.8, 4) is 0 Å². The summed E-state index contributed by atoms with van der Waals surface area (Å²) in [7, 11) is 0. The van der Waals surface area contributed by atoms with E-state index in [9.17, 15) is 4.79 Å². The zero-order valence-electron chi connectivity index (χ0n) is 4.27. The Hall–Kier alpha value is 0.292. The molecule has 4 heteroatoms. The third-order valence-corrected chi connectivity index (χ3v) is 0.851. The summed E-state index contributed by atoms with van der Waals surface area (Å²) in [5.74, 6) is 1.69. The van der Waals surface area contributed by atoms with Crippen molar-refractivity contribution in [1.82, 2.24) is 0 Å². The van der Waals surface area contributed by atoms with Crippen molar-refractivity contribution >= 4 is 21.5 Å². The molecule has 0 amide bonds. The summed E-state index contributed by atoms with van der Waals surface area (Å²) in [6.07, 6.45) is 0. The van der Waals surface area contributed by atoms with Gasteiger partial charge in [-0.25, -0.2) is 0 Å². The third kappa shape index (κ3) is 10.7. The summed E-state index contributed by atoms with van der Waals surface area (Å²) >= 11 is -0.0972. The molecule has 0 saturated heterocycles. The van der Waals surface area contributed by atoms with Crippen LogP contribution in [0.15, 0.2) is 0 Å². The molecule has 0 spiro atoms. The molecular weight excluding hydrogens is 130 g/mol. The molecule has 7 heavy (non-hydrogen) atoms. The van der Waals surface area contributed by atoms with Gasteiger partial charge in [-0.1, -0.05) is 0 Å². The maximum absolute atomic E-state index is 9.84. The summed E-state index contributed by atoms with van der Waals surface area (Å²) in [6.45, 7) is 1.41. The van der Waals surface area contributed by atoms with Crippen LogP contribution in [-0.4, -0.2) is 21.5 Å². The van der Waals surface area contributed by atoms with Crippen molar-refractivity contribution in [3.63, 3.8) is 0 Å². The van der Waals surface area contributed by atoms with Crippen molar-refractivity contribution in [1.29, 1.82) is 0 Å². The molecule has 0 aliphatic rings. The van der Waals surface area contributed by atoms with Crippen molar-refractivity contribution in [2.45, 2.75) is 12.7 Å². The Morgan fingerprint density at radius 2 is 2.14 bits per heavy atom. The standard InChI is InChI=1S/C2H4O2.CH3.Al.ClH/c1-2(3)4;;;/h1H3,(H,3,4);1H3;;1H/q;;+2;/p-2. The first kappa shape index (κ1) is 10.3. The number of rotatable bonds is 1. The van der Waals surface area contributed by atoms with E-state index in [1.807, 2.05) is 5.79 Å². The Labute approximate surface area is 55.7 Å². The molecule has 0 aromatic carbocycles. The SMILES string of the molecule is [CH3][Al+][O]C(C)=O.[Cl-]. The second kappa shape index (κ2) is 6.29. The van der Waals surface area contributed by atoms with E-state index in [4.69, 9.17) is 0 Å². The molecule has 2 nitrogen and oxygen atoms in total. The molecule has 0 bridgehead atoms. The summed E-state index contributed by atoms with van der Waals surface area (Å²) in [5.41, 5.74) is 0. The van der Waals surface area contributed by atoms with Gasteiger partial charge in [0.1, 0.15) is 0 Å². The molecule has 40 valence electrons. The van der Waals surface area contributed by atoms with Crippen molar-refractivity contribution in [3.05, 3.63) is 0 Å². The van der Waals surface area contributed by atoms with Crippen molar-refractivity contribution in [2.75, 3.05) is 0 Å². The van der Waals surface area contributed by atoms with Gasteiger partial charge in [0.15, 0.2) is 0 Å². The van der Waals surface area contributed by atoms with Crippen molar-refractivity contribution < 1.29 is 21.0 Å². The summed E-state index contributed by atoms with van der Waals surface area (Å²) < 4.78 is 4.49. The maximum Gasteiger partial charge on any atom is -1.00 e. The molecule has 0 aromatic rings. The summed E-state index contributed by atoms with van der Waals surface area (Å²) in [6, 6.07) is 0. The van der Waals surface area contributed by atoms with E-state index in [1.165, 1.54) is 6.92 Å². The predicted molar refractivity (Wildman–Crippen MR) is 23.4 cm³/mol. The van der Waals surface area contributed by atoms with Crippen LogP contribution in [-0.2, 0) is 8.58 Å². The fourth-order valence-corrected chi connectivity index (χ4v) is 0.498.